The van der Waals surface area contributed by atoms with E-state index in [1.54, 1.807) is 20.2 Å². The van der Waals surface area contributed by atoms with Gasteiger partial charge in [-0.2, -0.15) is 0 Å². The number of carbonyl (C=O) groups is 2. The van der Waals surface area contributed by atoms with E-state index in [0.29, 0.717) is 81.7 Å². The van der Waals surface area contributed by atoms with Crippen LogP contribution in [0.5, 0.6) is 0 Å². The lowest BCUT2D eigenvalue weighted by Gasteiger charge is -2.38. The average molecular weight is 644 g/mol. The highest BCUT2D eigenvalue weighted by atomic mass is 79.9. The van der Waals surface area contributed by atoms with Gasteiger partial charge in [0, 0.05) is 51.4 Å². The molecular weight excluding hydrogens is 612 g/mol. The van der Waals surface area contributed by atoms with Crippen LogP contribution in [0.3, 0.4) is 0 Å². The number of thiazole rings is 1. The Labute approximate surface area is 244 Å². The number of ether oxygens (including phenoxy) is 3. The van der Waals surface area contributed by atoms with Crippen molar-refractivity contribution in [2.75, 3.05) is 44.9 Å². The second-order valence-corrected chi connectivity index (χ2v) is 11.0. The standard InChI is InChI=1S/C25H32BrClN6O5S/c1-5-37-16-13-33(9-7-15(16)30-23(34)19-17(26)18(27)14(3)29-19)25-31-20(21(39-25)24(35)38-6-2)22-28-8-10-32(22)11-12-36-4/h8,10,15-16,29H,5-7,9,11-13H2,1-4H3,(H,30,34)/t15-,16+/m1/s1. The average Bonchev–Trinajstić information content (AvgIpc) is 3.63. The maximum atomic E-state index is 13.0. The van der Waals surface area contributed by atoms with Crippen molar-refractivity contribution in [3.63, 3.8) is 0 Å². The second-order valence-electron chi connectivity index (χ2n) is 8.89. The van der Waals surface area contributed by atoms with E-state index in [9.17, 15) is 9.59 Å². The first kappa shape index (κ1) is 29.5. The number of halogens is 2. The molecule has 3 aromatic rings. The van der Waals surface area contributed by atoms with Crippen molar-refractivity contribution >= 4 is 55.9 Å². The minimum atomic E-state index is -0.438. The van der Waals surface area contributed by atoms with E-state index < -0.39 is 5.97 Å². The molecule has 0 radical (unpaired) electrons. The molecule has 1 aliphatic heterocycles. The van der Waals surface area contributed by atoms with Gasteiger partial charge < -0.3 is 34.0 Å². The van der Waals surface area contributed by atoms with Gasteiger partial charge in [0.05, 0.1) is 34.9 Å². The van der Waals surface area contributed by atoms with Gasteiger partial charge in [0.15, 0.2) is 11.0 Å². The summed E-state index contributed by atoms with van der Waals surface area (Å²) in [5.41, 5.74) is 1.56. The van der Waals surface area contributed by atoms with Crippen LogP contribution in [0.1, 0.15) is 46.1 Å². The highest BCUT2D eigenvalue weighted by Crippen LogP contribution is 2.35. The molecule has 212 valence electrons. The SMILES string of the molecule is CCOC(=O)c1sc(N2CC[C@@H](NC(=O)c3[nH]c(C)c(Cl)c3Br)[C@@H](OCC)C2)nc1-c1nccn1CCOC. The number of hydrogen-bond donors (Lipinski definition) is 2. The number of rotatable bonds is 11. The molecule has 0 aromatic carbocycles. The van der Waals surface area contributed by atoms with Crippen LogP contribution in [-0.2, 0) is 20.8 Å². The first-order valence-electron chi connectivity index (χ1n) is 12.7. The fourth-order valence-electron chi connectivity index (χ4n) is 4.43. The minimum absolute atomic E-state index is 0.222. The van der Waals surface area contributed by atoms with Crippen molar-refractivity contribution in [1.82, 2.24) is 24.8 Å². The van der Waals surface area contributed by atoms with Gasteiger partial charge in [0.2, 0.25) is 0 Å². The van der Waals surface area contributed by atoms with Gasteiger partial charge in [0.1, 0.15) is 16.3 Å². The monoisotopic (exact) mass is 642 g/mol. The number of aryl methyl sites for hydroxylation is 1. The van der Waals surface area contributed by atoms with E-state index in [1.165, 1.54) is 11.3 Å². The summed E-state index contributed by atoms with van der Waals surface area (Å²) in [6.07, 6.45) is 3.84. The molecule has 3 aromatic heterocycles. The highest BCUT2D eigenvalue weighted by molar-refractivity contribution is 9.10. The first-order valence-corrected chi connectivity index (χ1v) is 14.7. The first-order chi connectivity index (χ1) is 18.8. The second kappa shape index (κ2) is 13.3. The summed E-state index contributed by atoms with van der Waals surface area (Å²) in [7, 11) is 1.63. The van der Waals surface area contributed by atoms with E-state index in [2.05, 4.69) is 36.1 Å². The van der Waals surface area contributed by atoms with Crippen LogP contribution in [0.4, 0.5) is 5.13 Å². The van der Waals surface area contributed by atoms with Crippen molar-refractivity contribution in [2.45, 2.75) is 45.9 Å². The summed E-state index contributed by atoms with van der Waals surface area (Å²) in [6.45, 7) is 8.39. The summed E-state index contributed by atoms with van der Waals surface area (Å²) in [5.74, 6) is -0.123. The third-order valence-corrected chi connectivity index (χ3v) is 8.94. The van der Waals surface area contributed by atoms with Gasteiger partial charge in [-0.15, -0.1) is 0 Å². The zero-order valence-corrected chi connectivity index (χ0v) is 25.4. The number of nitrogens with zero attached hydrogens (tertiary/aromatic N) is 4. The fourth-order valence-corrected chi connectivity index (χ4v) is 6.14. The number of anilines is 1. The Morgan fingerprint density at radius 2 is 2.13 bits per heavy atom. The molecule has 0 bridgehead atoms. The maximum Gasteiger partial charge on any atom is 0.350 e. The molecule has 14 heteroatoms. The number of H-pyrrole nitrogens is 1. The number of aromatic amines is 1. The number of nitrogens with one attached hydrogen (secondary N) is 2. The molecule has 4 heterocycles. The summed E-state index contributed by atoms with van der Waals surface area (Å²) in [5, 5.41) is 4.25. The topological polar surface area (TPSA) is 124 Å². The maximum absolute atomic E-state index is 13.0. The molecule has 4 rings (SSSR count). The Balaban J connectivity index is 1.57. The van der Waals surface area contributed by atoms with E-state index >= 15 is 0 Å². The molecule has 1 saturated heterocycles. The Morgan fingerprint density at radius 3 is 2.79 bits per heavy atom. The molecule has 1 aliphatic rings. The zero-order valence-electron chi connectivity index (χ0n) is 22.3. The van der Waals surface area contributed by atoms with Crippen molar-refractivity contribution in [3.8, 4) is 11.5 Å². The largest absolute Gasteiger partial charge is 0.462 e. The summed E-state index contributed by atoms with van der Waals surface area (Å²) in [6, 6.07) is -0.222. The molecule has 11 nitrogen and oxygen atoms in total. The quantitative estimate of drug-likeness (QED) is 0.297. The molecular formula is C25H32BrClN6O5S. The lowest BCUT2D eigenvalue weighted by molar-refractivity contribution is 0.0272. The zero-order chi connectivity index (χ0) is 28.1. The van der Waals surface area contributed by atoms with Crippen LogP contribution in [0.2, 0.25) is 5.02 Å². The summed E-state index contributed by atoms with van der Waals surface area (Å²) < 4.78 is 19.0. The number of aromatic nitrogens is 4. The van der Waals surface area contributed by atoms with Crippen LogP contribution in [0, 0.1) is 6.92 Å². The van der Waals surface area contributed by atoms with Crippen LogP contribution < -0.4 is 10.2 Å². The number of piperidine rings is 1. The Kier molecular flexibility index (Phi) is 10.0. The number of imidazole rings is 1. The van der Waals surface area contributed by atoms with Crippen LogP contribution in [0.15, 0.2) is 16.9 Å². The molecule has 2 N–H and O–H groups in total. The van der Waals surface area contributed by atoms with Crippen LogP contribution >= 0.6 is 38.9 Å². The number of amides is 1. The van der Waals surface area contributed by atoms with Gasteiger partial charge in [-0.25, -0.2) is 14.8 Å². The number of hydrogen-bond acceptors (Lipinski definition) is 9. The van der Waals surface area contributed by atoms with Gasteiger partial charge >= 0.3 is 5.97 Å². The predicted octanol–water partition coefficient (Wildman–Crippen LogP) is 4.30. The van der Waals surface area contributed by atoms with E-state index in [4.69, 9.17) is 30.8 Å². The van der Waals surface area contributed by atoms with Crippen molar-refractivity contribution < 1.29 is 23.8 Å². The third-order valence-electron chi connectivity index (χ3n) is 6.35. The number of carbonyl (C=O) groups excluding carboxylic acids is 2. The molecule has 2 atom stereocenters. The summed E-state index contributed by atoms with van der Waals surface area (Å²) >= 11 is 10.9. The molecule has 1 amide bonds. The van der Waals surface area contributed by atoms with Crippen molar-refractivity contribution in [3.05, 3.63) is 38.2 Å². The Bertz CT molecular complexity index is 1310. The Hall–Kier alpha value is -2.45. The molecule has 39 heavy (non-hydrogen) atoms. The van der Waals surface area contributed by atoms with Crippen LogP contribution in [-0.4, -0.2) is 83.6 Å². The number of esters is 1. The molecule has 0 saturated carbocycles. The molecule has 0 spiro atoms. The molecule has 1 fully saturated rings. The minimum Gasteiger partial charge on any atom is -0.462 e. The van der Waals surface area contributed by atoms with Crippen LogP contribution in [0.25, 0.3) is 11.5 Å². The third kappa shape index (κ3) is 6.49. The van der Waals surface area contributed by atoms with Gasteiger partial charge in [0.25, 0.3) is 5.91 Å². The Morgan fingerprint density at radius 1 is 1.33 bits per heavy atom. The van der Waals surface area contributed by atoms with E-state index in [-0.39, 0.29) is 24.7 Å². The fraction of sp³-hybridized carbons (Fsp3) is 0.520. The van der Waals surface area contributed by atoms with Crippen molar-refractivity contribution in [2.24, 2.45) is 0 Å². The molecule has 0 unspecified atom stereocenters. The predicted molar refractivity (Wildman–Crippen MR) is 153 cm³/mol. The smallest absolute Gasteiger partial charge is 0.350 e. The molecule has 0 aliphatic carbocycles. The van der Waals surface area contributed by atoms with Gasteiger partial charge in [-0.05, 0) is 43.1 Å². The van der Waals surface area contributed by atoms with E-state index in [0.717, 1.165) is 0 Å². The normalized spacial score (nSPS) is 17.4. The summed E-state index contributed by atoms with van der Waals surface area (Å²) in [4.78, 5) is 40.8. The number of methoxy groups -OCH3 is 1. The lowest BCUT2D eigenvalue weighted by Crippen LogP contribution is -2.55. The van der Waals surface area contributed by atoms with Gasteiger partial charge in [-0.3, -0.25) is 4.79 Å². The lowest BCUT2D eigenvalue weighted by atomic mass is 10.0. The van der Waals surface area contributed by atoms with Crippen molar-refractivity contribution in [1.29, 1.82) is 0 Å². The highest BCUT2D eigenvalue weighted by Gasteiger charge is 2.35. The van der Waals surface area contributed by atoms with Gasteiger partial charge in [-0.1, -0.05) is 22.9 Å². The van der Waals surface area contributed by atoms with E-state index in [1.807, 2.05) is 24.6 Å².